The van der Waals surface area contributed by atoms with Crippen molar-refractivity contribution in [3.05, 3.63) is 23.8 Å². The molecule has 96 valence electrons. The summed E-state index contributed by atoms with van der Waals surface area (Å²) in [4.78, 5) is 0. The van der Waals surface area contributed by atoms with Crippen molar-refractivity contribution in [2.75, 3.05) is 34.0 Å². The molecule has 0 fully saturated rings. The number of aliphatic hydroxyl groups is 1. The van der Waals surface area contributed by atoms with E-state index in [0.717, 1.165) is 5.56 Å². The van der Waals surface area contributed by atoms with E-state index in [1.807, 2.05) is 0 Å². The third-order valence-electron chi connectivity index (χ3n) is 2.48. The lowest BCUT2D eigenvalue weighted by Crippen LogP contribution is -2.27. The molecule has 0 saturated carbocycles. The molecule has 0 spiro atoms. The molecule has 0 radical (unpaired) electrons. The second-order valence-electron chi connectivity index (χ2n) is 3.61. The minimum absolute atomic E-state index is 0.0461. The van der Waals surface area contributed by atoms with Crippen molar-refractivity contribution in [3.8, 4) is 11.5 Å². The second kappa shape index (κ2) is 7.11. The van der Waals surface area contributed by atoms with E-state index in [0.29, 0.717) is 18.9 Å². The topological polar surface area (TPSA) is 71.0 Å². The number of rotatable bonds is 7. The predicted molar refractivity (Wildman–Crippen MR) is 64.4 cm³/mol. The zero-order chi connectivity index (χ0) is 12.7. The van der Waals surface area contributed by atoms with E-state index in [9.17, 15) is 10.2 Å². The van der Waals surface area contributed by atoms with Crippen molar-refractivity contribution >= 4 is 0 Å². The molecular formula is C12H19NO4. The summed E-state index contributed by atoms with van der Waals surface area (Å²) >= 11 is 0. The fourth-order valence-corrected chi connectivity index (χ4v) is 1.55. The number of aromatic hydroxyl groups is 1. The third-order valence-corrected chi connectivity index (χ3v) is 2.48. The Kier molecular flexibility index (Phi) is 5.76. The van der Waals surface area contributed by atoms with Gasteiger partial charge < -0.3 is 25.0 Å². The van der Waals surface area contributed by atoms with Crippen LogP contribution in [0.4, 0.5) is 0 Å². The molecule has 5 nitrogen and oxygen atoms in total. The van der Waals surface area contributed by atoms with Crippen LogP contribution in [0.1, 0.15) is 11.6 Å². The number of benzene rings is 1. The molecule has 1 aromatic rings. The first-order valence-electron chi connectivity index (χ1n) is 5.43. The zero-order valence-corrected chi connectivity index (χ0v) is 10.1. The van der Waals surface area contributed by atoms with Gasteiger partial charge in [-0.3, -0.25) is 0 Å². The van der Waals surface area contributed by atoms with Crippen LogP contribution in [-0.4, -0.2) is 44.2 Å². The molecule has 0 aromatic heterocycles. The number of methoxy groups -OCH3 is 2. The Morgan fingerprint density at radius 1 is 1.35 bits per heavy atom. The minimum atomic E-state index is -0.220. The molecule has 1 aromatic carbocycles. The fourth-order valence-electron chi connectivity index (χ4n) is 1.55. The van der Waals surface area contributed by atoms with Crippen LogP contribution >= 0.6 is 0 Å². The van der Waals surface area contributed by atoms with Gasteiger partial charge in [0.15, 0.2) is 11.5 Å². The first-order valence-corrected chi connectivity index (χ1v) is 5.43. The SMILES string of the molecule is COCCNC(CO)c1ccc(OC)c(O)c1. The van der Waals surface area contributed by atoms with Crippen molar-refractivity contribution in [2.45, 2.75) is 6.04 Å². The summed E-state index contributed by atoms with van der Waals surface area (Å²) in [5.41, 5.74) is 0.807. The van der Waals surface area contributed by atoms with Crippen molar-refractivity contribution in [1.82, 2.24) is 5.32 Å². The summed E-state index contributed by atoms with van der Waals surface area (Å²) < 4.78 is 9.88. The van der Waals surface area contributed by atoms with E-state index in [1.54, 1.807) is 25.3 Å². The van der Waals surface area contributed by atoms with Crippen LogP contribution in [0.3, 0.4) is 0 Å². The van der Waals surface area contributed by atoms with Crippen molar-refractivity contribution < 1.29 is 19.7 Å². The minimum Gasteiger partial charge on any atom is -0.504 e. The number of phenolic OH excluding ortho intramolecular Hbond substituents is 1. The Balaban J connectivity index is 2.71. The summed E-state index contributed by atoms with van der Waals surface area (Å²) in [5.74, 6) is 0.485. The zero-order valence-electron chi connectivity index (χ0n) is 10.1. The number of hydrogen-bond acceptors (Lipinski definition) is 5. The standard InChI is InChI=1S/C12H19NO4/c1-16-6-5-13-10(8-14)9-3-4-12(17-2)11(15)7-9/h3-4,7,10,13-15H,5-6,8H2,1-2H3. The molecule has 0 saturated heterocycles. The highest BCUT2D eigenvalue weighted by molar-refractivity contribution is 5.42. The average molecular weight is 241 g/mol. The van der Waals surface area contributed by atoms with Crippen molar-refractivity contribution in [3.63, 3.8) is 0 Å². The monoisotopic (exact) mass is 241 g/mol. The summed E-state index contributed by atoms with van der Waals surface area (Å²) in [6.07, 6.45) is 0. The molecular weight excluding hydrogens is 222 g/mol. The second-order valence-corrected chi connectivity index (χ2v) is 3.61. The number of nitrogens with one attached hydrogen (secondary N) is 1. The van der Waals surface area contributed by atoms with E-state index >= 15 is 0 Å². The maximum atomic E-state index is 9.65. The molecule has 1 atom stereocenters. The first kappa shape index (κ1) is 13.8. The van der Waals surface area contributed by atoms with E-state index in [2.05, 4.69) is 5.32 Å². The largest absolute Gasteiger partial charge is 0.504 e. The molecule has 3 N–H and O–H groups in total. The summed E-state index contributed by atoms with van der Waals surface area (Å²) in [5, 5.41) is 22.1. The van der Waals surface area contributed by atoms with Crippen LogP contribution in [0, 0.1) is 0 Å². The van der Waals surface area contributed by atoms with Gasteiger partial charge in [0.1, 0.15) is 0 Å². The molecule has 0 bridgehead atoms. The normalized spacial score (nSPS) is 12.4. The van der Waals surface area contributed by atoms with Crippen LogP contribution < -0.4 is 10.1 Å². The molecule has 0 aliphatic heterocycles. The Labute approximate surface area is 101 Å². The van der Waals surface area contributed by atoms with E-state index < -0.39 is 0 Å². The number of hydrogen-bond donors (Lipinski definition) is 3. The summed E-state index contributed by atoms with van der Waals surface area (Å²) in [7, 11) is 3.12. The summed E-state index contributed by atoms with van der Waals surface area (Å²) in [6.45, 7) is 1.16. The van der Waals surface area contributed by atoms with Gasteiger partial charge in [-0.2, -0.15) is 0 Å². The van der Waals surface area contributed by atoms with Crippen LogP contribution in [0.5, 0.6) is 11.5 Å². The molecule has 5 heteroatoms. The Hall–Kier alpha value is -1.30. The Morgan fingerprint density at radius 2 is 2.12 bits per heavy atom. The highest BCUT2D eigenvalue weighted by Crippen LogP contribution is 2.28. The van der Waals surface area contributed by atoms with E-state index in [-0.39, 0.29) is 18.4 Å². The average Bonchev–Trinajstić information content (AvgIpc) is 2.35. The molecule has 0 amide bonds. The third kappa shape index (κ3) is 3.89. The van der Waals surface area contributed by atoms with Crippen LogP contribution in [0.15, 0.2) is 18.2 Å². The van der Waals surface area contributed by atoms with Gasteiger partial charge in [-0.15, -0.1) is 0 Å². The molecule has 0 heterocycles. The van der Waals surface area contributed by atoms with Gasteiger partial charge in [0.2, 0.25) is 0 Å². The van der Waals surface area contributed by atoms with Gasteiger partial charge in [0.25, 0.3) is 0 Å². The number of ether oxygens (including phenoxy) is 2. The van der Waals surface area contributed by atoms with Crippen LogP contribution in [0.2, 0.25) is 0 Å². The van der Waals surface area contributed by atoms with Gasteiger partial charge in [0.05, 0.1) is 26.4 Å². The molecule has 1 rings (SSSR count). The molecule has 0 aliphatic rings. The summed E-state index contributed by atoms with van der Waals surface area (Å²) in [6, 6.07) is 4.84. The van der Waals surface area contributed by atoms with Gasteiger partial charge in [-0.1, -0.05) is 6.07 Å². The van der Waals surface area contributed by atoms with Gasteiger partial charge in [0, 0.05) is 13.7 Å². The highest BCUT2D eigenvalue weighted by atomic mass is 16.5. The lowest BCUT2D eigenvalue weighted by Gasteiger charge is -2.17. The maximum absolute atomic E-state index is 9.65. The van der Waals surface area contributed by atoms with E-state index in [4.69, 9.17) is 9.47 Å². The lowest BCUT2D eigenvalue weighted by molar-refractivity contribution is 0.184. The van der Waals surface area contributed by atoms with Crippen molar-refractivity contribution in [2.24, 2.45) is 0 Å². The Morgan fingerprint density at radius 3 is 2.65 bits per heavy atom. The van der Waals surface area contributed by atoms with E-state index in [1.165, 1.54) is 7.11 Å². The highest BCUT2D eigenvalue weighted by Gasteiger charge is 2.11. The van der Waals surface area contributed by atoms with Crippen LogP contribution in [0.25, 0.3) is 0 Å². The first-order chi connectivity index (χ1) is 8.22. The van der Waals surface area contributed by atoms with Crippen molar-refractivity contribution in [1.29, 1.82) is 0 Å². The van der Waals surface area contributed by atoms with Gasteiger partial charge in [-0.25, -0.2) is 0 Å². The fraction of sp³-hybridized carbons (Fsp3) is 0.500. The van der Waals surface area contributed by atoms with Crippen LogP contribution in [-0.2, 0) is 4.74 Å². The smallest absolute Gasteiger partial charge is 0.160 e. The molecule has 17 heavy (non-hydrogen) atoms. The van der Waals surface area contributed by atoms with Gasteiger partial charge in [-0.05, 0) is 17.7 Å². The lowest BCUT2D eigenvalue weighted by atomic mass is 10.1. The quantitative estimate of drug-likeness (QED) is 0.612. The van der Waals surface area contributed by atoms with Gasteiger partial charge >= 0.3 is 0 Å². The molecule has 1 unspecified atom stereocenters. The predicted octanol–water partition coefficient (Wildman–Crippen LogP) is 0.670. The maximum Gasteiger partial charge on any atom is 0.160 e. The Bertz CT molecular complexity index is 343. The number of aliphatic hydroxyl groups excluding tert-OH is 1. The number of phenols is 1. The molecule has 0 aliphatic carbocycles.